The zero-order valence-electron chi connectivity index (χ0n) is 39.9. The Balaban J connectivity index is 1.05. The number of aromatic nitrogens is 7. The Hall–Kier alpha value is -6.40. The molecule has 3 fully saturated rings. The number of nitrogens with one attached hydrogen (secondary N) is 1. The van der Waals surface area contributed by atoms with Crippen molar-refractivity contribution in [2.45, 2.75) is 120 Å². The van der Waals surface area contributed by atoms with Gasteiger partial charge in [-0.1, -0.05) is 18.1 Å². The molecule has 15 nitrogen and oxygen atoms in total. The van der Waals surface area contributed by atoms with Crippen LogP contribution in [-0.4, -0.2) is 79.7 Å². The van der Waals surface area contributed by atoms with Gasteiger partial charge in [-0.3, -0.25) is 23.4 Å². The molecule has 2 aliphatic carbocycles. The van der Waals surface area contributed by atoms with Crippen molar-refractivity contribution in [3.63, 3.8) is 0 Å². The fourth-order valence-electron chi connectivity index (χ4n) is 11.4. The van der Waals surface area contributed by atoms with Crippen molar-refractivity contribution in [2.75, 3.05) is 20.2 Å². The molecule has 18 heteroatoms. The summed E-state index contributed by atoms with van der Waals surface area (Å²) in [5.41, 5.74) is 3.62. The van der Waals surface area contributed by atoms with Crippen LogP contribution in [0.3, 0.4) is 0 Å². The lowest BCUT2D eigenvalue weighted by molar-refractivity contribution is -0.0592. The van der Waals surface area contributed by atoms with Crippen molar-refractivity contribution in [1.29, 1.82) is 0 Å². The van der Waals surface area contributed by atoms with E-state index in [-0.39, 0.29) is 46.6 Å². The number of H-pyrrole nitrogens is 1. The second kappa shape index (κ2) is 15.8. The van der Waals surface area contributed by atoms with Crippen LogP contribution in [0.4, 0.5) is 8.78 Å². The molecule has 360 valence electrons. The van der Waals surface area contributed by atoms with Crippen LogP contribution in [0.5, 0.6) is 0 Å². The van der Waals surface area contributed by atoms with Gasteiger partial charge in [0.05, 0.1) is 43.3 Å². The van der Waals surface area contributed by atoms with Gasteiger partial charge in [0.25, 0.3) is 5.91 Å². The number of ether oxygens (including phenoxy) is 1. The minimum atomic E-state index is -2.85. The van der Waals surface area contributed by atoms with Gasteiger partial charge in [0, 0.05) is 60.7 Å². The van der Waals surface area contributed by atoms with Crippen LogP contribution in [-0.2, 0) is 26.4 Å². The smallest absolute Gasteiger partial charge is 0.376 e. The number of benzene rings is 3. The van der Waals surface area contributed by atoms with Gasteiger partial charge < -0.3 is 14.2 Å². The molecule has 11 rings (SSSR count). The zero-order chi connectivity index (χ0) is 48.6. The number of carbonyl (C=O) groups is 1. The van der Waals surface area contributed by atoms with E-state index in [4.69, 9.17) is 14.4 Å². The molecular weight excluding hydrogens is 905 g/mol. The quantitative estimate of drug-likeness (QED) is 0.150. The zero-order valence-corrected chi connectivity index (χ0v) is 40.7. The van der Waals surface area contributed by atoms with E-state index in [2.05, 4.69) is 53.5 Å². The first-order valence-corrected chi connectivity index (χ1v) is 25.2. The second-order valence-electron chi connectivity index (χ2n) is 20.2. The number of carbonyl (C=O) groups excluding carboxylic acids is 1. The first-order valence-electron chi connectivity index (χ1n) is 23.7. The highest BCUT2D eigenvalue weighted by atomic mass is 32.2. The van der Waals surface area contributed by atoms with Crippen molar-refractivity contribution in [2.24, 2.45) is 10.3 Å². The molecule has 4 aliphatic rings. The van der Waals surface area contributed by atoms with Gasteiger partial charge in [-0.05, 0) is 150 Å². The SMILES string of the molecule is CN=[S@](=O)(c1cc(F)c(-n2ccn(-c3c4c(nn3-c3cc(C)c(F)c(C)c3)CCN(C(=O)c3cc5cc([C@H]6CCOC(C)(C)C6)ccc5n3[C@@]3(c5noc(=O)[nH]5)C[C@@H]3C)[C@H]4C)c2=O)cc1C)C1CC1. The van der Waals surface area contributed by atoms with E-state index in [1.165, 1.54) is 40.7 Å². The molecule has 4 aromatic heterocycles. The average Bonchev–Trinajstić information content (AvgIpc) is 4.05. The van der Waals surface area contributed by atoms with Crippen LogP contribution in [0.1, 0.15) is 122 Å². The Bertz CT molecular complexity index is 3520. The Labute approximate surface area is 397 Å². The molecule has 7 aromatic rings. The molecule has 2 aliphatic heterocycles. The lowest BCUT2D eigenvalue weighted by Gasteiger charge is -2.35. The number of nitrogens with zero attached hydrogens (tertiary/aromatic N) is 8. The molecular formula is C51H55F2N9O6S. The van der Waals surface area contributed by atoms with Gasteiger partial charge >= 0.3 is 11.4 Å². The number of aryl methyl sites for hydroxylation is 3. The van der Waals surface area contributed by atoms with Gasteiger partial charge in [-0.15, -0.1) is 0 Å². The van der Waals surface area contributed by atoms with E-state index in [0.29, 0.717) is 75.3 Å². The first-order chi connectivity index (χ1) is 32.8. The molecule has 2 saturated carbocycles. The van der Waals surface area contributed by atoms with E-state index in [1.54, 1.807) is 42.5 Å². The van der Waals surface area contributed by atoms with Crippen molar-refractivity contribution in [3.8, 4) is 17.2 Å². The molecule has 3 aromatic carbocycles. The molecule has 0 spiro atoms. The number of rotatable bonds is 9. The Morgan fingerprint density at radius 3 is 2.32 bits per heavy atom. The third-order valence-corrected chi connectivity index (χ3v) is 18.2. The van der Waals surface area contributed by atoms with Gasteiger partial charge in [0.2, 0.25) is 0 Å². The molecule has 1 amide bonds. The van der Waals surface area contributed by atoms with Crippen molar-refractivity contribution < 1.29 is 27.0 Å². The van der Waals surface area contributed by atoms with Crippen LogP contribution in [0.2, 0.25) is 0 Å². The van der Waals surface area contributed by atoms with E-state index in [1.807, 2.05) is 17.6 Å². The van der Waals surface area contributed by atoms with Gasteiger partial charge in [0.1, 0.15) is 28.7 Å². The molecule has 69 heavy (non-hydrogen) atoms. The predicted molar refractivity (Wildman–Crippen MR) is 255 cm³/mol. The Morgan fingerprint density at radius 2 is 1.67 bits per heavy atom. The fraction of sp³-hybridized carbons (Fsp3) is 0.431. The molecule has 6 heterocycles. The lowest BCUT2D eigenvalue weighted by atomic mass is 9.83. The summed E-state index contributed by atoms with van der Waals surface area (Å²) < 4.78 is 67.0. The number of hydrogen-bond donors (Lipinski definition) is 1. The monoisotopic (exact) mass is 959 g/mol. The third kappa shape index (κ3) is 7.02. The number of imidazole rings is 1. The number of fused-ring (bicyclic) bond motifs is 2. The minimum absolute atomic E-state index is 0.0149. The van der Waals surface area contributed by atoms with E-state index < -0.39 is 38.6 Å². The predicted octanol–water partition coefficient (Wildman–Crippen LogP) is 8.48. The topological polar surface area (TPSA) is 168 Å². The Kier molecular flexibility index (Phi) is 10.3. The summed E-state index contributed by atoms with van der Waals surface area (Å²) in [6.07, 6.45) is 7.14. The molecule has 0 radical (unpaired) electrons. The van der Waals surface area contributed by atoms with E-state index in [0.717, 1.165) is 42.1 Å². The van der Waals surface area contributed by atoms with Crippen molar-refractivity contribution in [3.05, 3.63) is 139 Å². The molecule has 0 unspecified atom stereocenters. The van der Waals surface area contributed by atoms with Crippen LogP contribution in [0.25, 0.3) is 28.1 Å². The molecule has 1 saturated heterocycles. The number of halogens is 2. The van der Waals surface area contributed by atoms with Gasteiger partial charge in [-0.2, -0.15) is 5.10 Å². The Morgan fingerprint density at radius 1 is 0.942 bits per heavy atom. The summed E-state index contributed by atoms with van der Waals surface area (Å²) in [5, 5.41) is 9.98. The lowest BCUT2D eigenvalue weighted by Crippen LogP contribution is -2.41. The minimum Gasteiger partial charge on any atom is -0.376 e. The van der Waals surface area contributed by atoms with E-state index >= 15 is 13.6 Å². The summed E-state index contributed by atoms with van der Waals surface area (Å²) in [6.45, 7) is 14.2. The van der Waals surface area contributed by atoms with Crippen LogP contribution < -0.4 is 11.4 Å². The van der Waals surface area contributed by atoms with Crippen LogP contribution in [0.15, 0.2) is 84.3 Å². The molecule has 5 atom stereocenters. The van der Waals surface area contributed by atoms with Crippen molar-refractivity contribution >= 4 is 26.5 Å². The largest absolute Gasteiger partial charge is 0.438 e. The highest BCUT2D eigenvalue weighted by Gasteiger charge is 2.59. The standard InChI is InChI=1S/C51H55F2N9O6S/c1-27-21-40(37(52)24-42(27)69(66,54-8)36-10-11-36)59-16-17-60(49(59)65)45-43-31(5)58(15-13-38(43)56-62(45)35-19-28(2)44(53)29(3)20-35)46(63)41-23-34-22-32(33-14-18-67-50(6,7)26-33)9-12-39(34)61(41)51(25-30(51)4)47-55-48(64)68-57-47/h9,12,16-17,19-24,30-31,33,36H,10-11,13-15,18,25-26H2,1-8H3,(H,55,57,64)/t30-,31-,33-,51-,69+/m0/s1. The highest BCUT2D eigenvalue weighted by Crippen LogP contribution is 2.56. The molecule has 1 N–H and O–H groups in total. The second-order valence-corrected chi connectivity index (χ2v) is 22.8. The third-order valence-electron chi connectivity index (χ3n) is 15.2. The van der Waals surface area contributed by atoms with Crippen molar-refractivity contribution in [1.82, 2.24) is 38.5 Å². The maximum Gasteiger partial charge on any atom is 0.438 e. The van der Waals surface area contributed by atoms with Gasteiger partial charge in [-0.25, -0.2) is 31.6 Å². The first kappa shape index (κ1) is 45.1. The average molecular weight is 960 g/mol. The normalized spacial score (nSPS) is 23.0. The summed E-state index contributed by atoms with van der Waals surface area (Å²) in [7, 11) is -1.35. The van der Waals surface area contributed by atoms with Crippen LogP contribution >= 0.6 is 0 Å². The number of amides is 1. The summed E-state index contributed by atoms with van der Waals surface area (Å²) in [6, 6.07) is 13.7. The summed E-state index contributed by atoms with van der Waals surface area (Å²) >= 11 is 0. The maximum absolute atomic E-state index is 16.3. The highest BCUT2D eigenvalue weighted by molar-refractivity contribution is 7.94. The van der Waals surface area contributed by atoms with Gasteiger partial charge in [0.15, 0.2) is 5.82 Å². The number of hydrogen-bond acceptors (Lipinski definition) is 9. The summed E-state index contributed by atoms with van der Waals surface area (Å²) in [4.78, 5) is 47.8. The van der Waals surface area contributed by atoms with E-state index in [9.17, 15) is 13.8 Å². The summed E-state index contributed by atoms with van der Waals surface area (Å²) in [5.74, 6) is -1.16. The maximum atomic E-state index is 16.3. The number of aromatic amines is 1. The van der Waals surface area contributed by atoms with Crippen LogP contribution in [0, 0.1) is 38.3 Å². The fourth-order valence-corrected chi connectivity index (χ4v) is 13.8. The molecule has 0 bridgehead atoms.